The van der Waals surface area contributed by atoms with Crippen LogP contribution >= 0.6 is 8.46 Å². The van der Waals surface area contributed by atoms with Crippen LogP contribution in [0.4, 0.5) is 0 Å². The molecule has 0 saturated carbocycles. The fourth-order valence-electron chi connectivity index (χ4n) is 1.31. The van der Waals surface area contributed by atoms with Gasteiger partial charge in [-0.05, 0) is 12.8 Å². The zero-order valence-electron chi connectivity index (χ0n) is 8.38. The molecule has 1 nitrogen and oxygen atoms in total. The number of rotatable bonds is 8. The summed E-state index contributed by atoms with van der Waals surface area (Å²) in [5, 5.41) is 0. The standard InChI is InChI=1S/C10H21OP/c1-3-5-6-7-8-9-10(4-2)12-11/h10H,3-9H2,1-2H3. The molecule has 0 radical (unpaired) electrons. The topological polar surface area (TPSA) is 17.1 Å². The Hall–Kier alpha value is 0.100. The average molecular weight is 188 g/mol. The van der Waals surface area contributed by atoms with Gasteiger partial charge < -0.3 is 0 Å². The van der Waals surface area contributed by atoms with Gasteiger partial charge in [-0.1, -0.05) is 46.0 Å². The van der Waals surface area contributed by atoms with Gasteiger partial charge >= 0.3 is 0 Å². The highest BCUT2D eigenvalue weighted by molar-refractivity contribution is 7.24. The molecule has 0 aromatic rings. The van der Waals surface area contributed by atoms with Crippen molar-refractivity contribution in [3.8, 4) is 0 Å². The van der Waals surface area contributed by atoms with Gasteiger partial charge in [0.1, 0.15) is 0 Å². The van der Waals surface area contributed by atoms with Crippen LogP contribution in [0.1, 0.15) is 58.8 Å². The molecule has 0 rings (SSSR count). The van der Waals surface area contributed by atoms with Crippen molar-refractivity contribution in [1.29, 1.82) is 0 Å². The van der Waals surface area contributed by atoms with E-state index in [1.807, 2.05) is 0 Å². The highest BCUT2D eigenvalue weighted by Gasteiger charge is 2.03. The van der Waals surface area contributed by atoms with Gasteiger partial charge in [-0.2, -0.15) is 0 Å². The lowest BCUT2D eigenvalue weighted by molar-refractivity contribution is 0.561. The van der Waals surface area contributed by atoms with E-state index in [1.54, 1.807) is 0 Å². The monoisotopic (exact) mass is 188 g/mol. The van der Waals surface area contributed by atoms with Gasteiger partial charge in [0.15, 0.2) is 8.46 Å². The molecule has 0 aliphatic heterocycles. The molecular weight excluding hydrogens is 167 g/mol. The van der Waals surface area contributed by atoms with Gasteiger partial charge in [0, 0.05) is 5.66 Å². The van der Waals surface area contributed by atoms with Gasteiger partial charge in [0.2, 0.25) is 0 Å². The summed E-state index contributed by atoms with van der Waals surface area (Å²) >= 11 is 0. The van der Waals surface area contributed by atoms with Crippen LogP contribution in [0.3, 0.4) is 0 Å². The second-order valence-electron chi connectivity index (χ2n) is 3.37. The maximum absolute atomic E-state index is 10.6. The first kappa shape index (κ1) is 12.1. The molecule has 0 aromatic carbocycles. The Morgan fingerprint density at radius 1 is 1.08 bits per heavy atom. The van der Waals surface area contributed by atoms with Crippen LogP contribution in [-0.4, -0.2) is 5.66 Å². The number of hydrogen-bond donors (Lipinski definition) is 0. The van der Waals surface area contributed by atoms with E-state index in [0.717, 1.165) is 12.8 Å². The normalized spacial score (nSPS) is 13.5. The predicted octanol–water partition coefficient (Wildman–Crippen LogP) is 4.42. The van der Waals surface area contributed by atoms with Crippen molar-refractivity contribution in [2.24, 2.45) is 0 Å². The summed E-state index contributed by atoms with van der Waals surface area (Å²) in [6.07, 6.45) is 8.78. The van der Waals surface area contributed by atoms with Gasteiger partial charge in [-0.3, -0.25) is 4.57 Å². The zero-order chi connectivity index (χ0) is 9.23. The lowest BCUT2D eigenvalue weighted by atomic mass is 10.1. The van der Waals surface area contributed by atoms with Crippen molar-refractivity contribution in [2.45, 2.75) is 64.5 Å². The van der Waals surface area contributed by atoms with E-state index in [0.29, 0.717) is 14.1 Å². The highest BCUT2D eigenvalue weighted by Crippen LogP contribution is 2.18. The Balaban J connectivity index is 3.12. The van der Waals surface area contributed by atoms with Crippen molar-refractivity contribution in [3.63, 3.8) is 0 Å². The molecule has 0 fully saturated rings. The van der Waals surface area contributed by atoms with Gasteiger partial charge in [0.25, 0.3) is 0 Å². The van der Waals surface area contributed by atoms with Crippen molar-refractivity contribution >= 4 is 8.46 Å². The van der Waals surface area contributed by atoms with Gasteiger partial charge in [-0.25, -0.2) is 0 Å². The summed E-state index contributed by atoms with van der Waals surface area (Å²) in [6, 6.07) is 0. The summed E-state index contributed by atoms with van der Waals surface area (Å²) in [7, 11) is 0.347. The second-order valence-corrected chi connectivity index (χ2v) is 4.31. The van der Waals surface area contributed by atoms with E-state index >= 15 is 0 Å². The van der Waals surface area contributed by atoms with Gasteiger partial charge in [0.05, 0.1) is 0 Å². The minimum Gasteiger partial charge on any atom is -0.275 e. The summed E-state index contributed by atoms with van der Waals surface area (Å²) in [5.74, 6) is 0. The molecule has 0 aromatic heterocycles. The third-order valence-corrected chi connectivity index (χ3v) is 3.18. The molecule has 0 bridgehead atoms. The summed E-state index contributed by atoms with van der Waals surface area (Å²) in [5.41, 5.74) is 0.423. The Kier molecular flexibility index (Phi) is 9.27. The van der Waals surface area contributed by atoms with E-state index in [-0.39, 0.29) is 0 Å². The van der Waals surface area contributed by atoms with Crippen LogP contribution in [0, 0.1) is 0 Å². The second kappa shape index (κ2) is 9.19. The quantitative estimate of drug-likeness (QED) is 0.407. The summed E-state index contributed by atoms with van der Waals surface area (Å²) in [4.78, 5) is 0. The SMILES string of the molecule is CCCCCCCC(CC)P=O. The van der Waals surface area contributed by atoms with E-state index in [1.165, 1.54) is 32.1 Å². The molecule has 0 spiro atoms. The van der Waals surface area contributed by atoms with Gasteiger partial charge in [-0.15, -0.1) is 0 Å². The van der Waals surface area contributed by atoms with Crippen LogP contribution in [0.2, 0.25) is 0 Å². The van der Waals surface area contributed by atoms with Crippen LogP contribution in [0.15, 0.2) is 0 Å². The Morgan fingerprint density at radius 2 is 1.75 bits per heavy atom. The molecular formula is C10H21OP. The Labute approximate surface area is 78.1 Å². The zero-order valence-corrected chi connectivity index (χ0v) is 9.28. The molecule has 0 saturated heterocycles. The minimum atomic E-state index is 0.347. The fraction of sp³-hybridized carbons (Fsp3) is 1.00. The number of hydrogen-bond acceptors (Lipinski definition) is 1. The Bertz CT molecular complexity index is 104. The average Bonchev–Trinajstić information content (AvgIpc) is 2.11. The molecule has 0 N–H and O–H groups in total. The maximum Gasteiger partial charge on any atom is 0.158 e. The van der Waals surface area contributed by atoms with Crippen molar-refractivity contribution < 1.29 is 4.57 Å². The molecule has 0 aliphatic carbocycles. The first-order valence-electron chi connectivity index (χ1n) is 5.17. The molecule has 1 atom stereocenters. The van der Waals surface area contributed by atoms with E-state index < -0.39 is 0 Å². The molecule has 1 unspecified atom stereocenters. The Morgan fingerprint density at radius 3 is 2.25 bits per heavy atom. The van der Waals surface area contributed by atoms with Crippen LogP contribution in [-0.2, 0) is 4.57 Å². The van der Waals surface area contributed by atoms with E-state index in [9.17, 15) is 4.57 Å². The van der Waals surface area contributed by atoms with Crippen LogP contribution < -0.4 is 0 Å². The molecule has 2 heteroatoms. The molecule has 12 heavy (non-hydrogen) atoms. The molecule has 72 valence electrons. The first-order valence-corrected chi connectivity index (χ1v) is 6.05. The van der Waals surface area contributed by atoms with Crippen molar-refractivity contribution in [3.05, 3.63) is 0 Å². The van der Waals surface area contributed by atoms with Crippen LogP contribution in [0.25, 0.3) is 0 Å². The summed E-state index contributed by atoms with van der Waals surface area (Å²) < 4.78 is 10.6. The third-order valence-electron chi connectivity index (χ3n) is 2.26. The molecule has 0 aliphatic rings. The lowest BCUT2D eigenvalue weighted by Crippen LogP contribution is -1.95. The summed E-state index contributed by atoms with van der Waals surface area (Å²) in [6.45, 7) is 4.34. The highest BCUT2D eigenvalue weighted by atomic mass is 31.1. The molecule has 0 amide bonds. The van der Waals surface area contributed by atoms with Crippen molar-refractivity contribution in [1.82, 2.24) is 0 Å². The molecule has 0 heterocycles. The smallest absolute Gasteiger partial charge is 0.158 e. The van der Waals surface area contributed by atoms with Crippen molar-refractivity contribution in [2.75, 3.05) is 0 Å². The predicted molar refractivity (Wildman–Crippen MR) is 55.1 cm³/mol. The van der Waals surface area contributed by atoms with E-state index in [2.05, 4.69) is 13.8 Å². The minimum absolute atomic E-state index is 0.347. The maximum atomic E-state index is 10.6. The van der Waals surface area contributed by atoms with Crippen LogP contribution in [0.5, 0.6) is 0 Å². The fourth-order valence-corrected chi connectivity index (χ4v) is 1.75. The lowest BCUT2D eigenvalue weighted by Gasteiger charge is -2.04. The third kappa shape index (κ3) is 6.79. The largest absolute Gasteiger partial charge is 0.275 e. The first-order chi connectivity index (χ1) is 5.85. The number of unbranched alkanes of at least 4 members (excludes halogenated alkanes) is 4. The van der Waals surface area contributed by atoms with E-state index in [4.69, 9.17) is 0 Å².